The van der Waals surface area contributed by atoms with Crippen molar-refractivity contribution in [2.75, 3.05) is 0 Å². The third-order valence-corrected chi connectivity index (χ3v) is 2.21. The molecule has 0 saturated heterocycles. The first kappa shape index (κ1) is 11.2. The van der Waals surface area contributed by atoms with Crippen LogP contribution in [-0.4, -0.2) is 17.0 Å². The highest BCUT2D eigenvalue weighted by Crippen LogP contribution is 2.13. The van der Waals surface area contributed by atoms with Crippen molar-refractivity contribution in [2.24, 2.45) is 0 Å². The van der Waals surface area contributed by atoms with Crippen molar-refractivity contribution in [3.05, 3.63) is 34.9 Å². The van der Waals surface area contributed by atoms with Crippen molar-refractivity contribution in [3.8, 4) is 0 Å². The van der Waals surface area contributed by atoms with Gasteiger partial charge in [-0.05, 0) is 18.6 Å². The average molecular weight is 213 g/mol. The normalized spacial score (nSPS) is 12.5. The van der Waals surface area contributed by atoms with E-state index in [-0.39, 0.29) is 5.78 Å². The molecule has 1 aromatic rings. The van der Waals surface area contributed by atoms with E-state index in [1.807, 2.05) is 6.92 Å². The molecule has 0 saturated carbocycles. The van der Waals surface area contributed by atoms with Crippen LogP contribution in [0.4, 0.5) is 0 Å². The van der Waals surface area contributed by atoms with Crippen molar-refractivity contribution < 1.29 is 9.90 Å². The Hall–Kier alpha value is -0.860. The fraction of sp³-hybridized carbons (Fsp3) is 0.364. The third kappa shape index (κ3) is 2.82. The summed E-state index contributed by atoms with van der Waals surface area (Å²) in [5, 5.41) is 9.98. The first-order valence-corrected chi connectivity index (χ1v) is 5.00. The Morgan fingerprint density at radius 2 is 2.29 bits per heavy atom. The summed E-state index contributed by atoms with van der Waals surface area (Å²) < 4.78 is 0. The van der Waals surface area contributed by atoms with Gasteiger partial charge in [0.25, 0.3) is 0 Å². The summed E-state index contributed by atoms with van der Waals surface area (Å²) in [6.45, 7) is 1.93. The quantitative estimate of drug-likeness (QED) is 0.780. The second-order valence-electron chi connectivity index (χ2n) is 3.18. The van der Waals surface area contributed by atoms with Gasteiger partial charge in [0.1, 0.15) is 6.10 Å². The number of aliphatic hydroxyl groups excluding tert-OH is 1. The summed E-state index contributed by atoms with van der Waals surface area (Å²) >= 11 is 5.74. The minimum absolute atomic E-state index is 0.255. The first-order valence-electron chi connectivity index (χ1n) is 4.63. The molecule has 0 heterocycles. The van der Waals surface area contributed by atoms with Crippen LogP contribution >= 0.6 is 11.6 Å². The summed E-state index contributed by atoms with van der Waals surface area (Å²) in [4.78, 5) is 11.6. The number of benzene rings is 1. The highest BCUT2D eigenvalue weighted by Gasteiger charge is 2.15. The predicted molar refractivity (Wildman–Crippen MR) is 56.7 cm³/mol. The number of halogens is 1. The van der Waals surface area contributed by atoms with Crippen LogP contribution < -0.4 is 0 Å². The van der Waals surface area contributed by atoms with Crippen LogP contribution in [0, 0.1) is 0 Å². The maximum Gasteiger partial charge on any atom is 0.191 e. The Kier molecular flexibility index (Phi) is 4.11. The largest absolute Gasteiger partial charge is 0.385 e. The zero-order valence-electron chi connectivity index (χ0n) is 8.03. The maximum absolute atomic E-state index is 11.6. The predicted octanol–water partition coefficient (Wildman–Crippen LogP) is 2.68. The average Bonchev–Trinajstić information content (AvgIpc) is 2.17. The van der Waals surface area contributed by atoms with Gasteiger partial charge in [-0.15, -0.1) is 0 Å². The summed E-state index contributed by atoms with van der Waals surface area (Å²) in [5.41, 5.74) is 0.471. The number of aliphatic hydroxyl groups is 1. The second-order valence-corrected chi connectivity index (χ2v) is 3.62. The van der Waals surface area contributed by atoms with Crippen LogP contribution in [-0.2, 0) is 0 Å². The molecule has 0 aliphatic heterocycles. The van der Waals surface area contributed by atoms with E-state index in [9.17, 15) is 9.90 Å². The first-order chi connectivity index (χ1) is 6.65. The number of carbonyl (C=O) groups excluding carboxylic acids is 1. The van der Waals surface area contributed by atoms with Crippen molar-refractivity contribution in [2.45, 2.75) is 25.9 Å². The van der Waals surface area contributed by atoms with Crippen LogP contribution in [0.3, 0.4) is 0 Å². The van der Waals surface area contributed by atoms with Crippen LogP contribution in [0.25, 0.3) is 0 Å². The van der Waals surface area contributed by atoms with Gasteiger partial charge in [0.15, 0.2) is 5.78 Å². The zero-order valence-corrected chi connectivity index (χ0v) is 8.79. The Bertz CT molecular complexity index is 323. The van der Waals surface area contributed by atoms with Crippen molar-refractivity contribution in [1.82, 2.24) is 0 Å². The van der Waals surface area contributed by atoms with E-state index >= 15 is 0 Å². The van der Waals surface area contributed by atoms with E-state index in [1.54, 1.807) is 24.3 Å². The molecule has 0 fully saturated rings. The van der Waals surface area contributed by atoms with Gasteiger partial charge < -0.3 is 5.11 Å². The topological polar surface area (TPSA) is 37.3 Å². The number of ketones is 1. The van der Waals surface area contributed by atoms with E-state index in [2.05, 4.69) is 0 Å². The Balaban J connectivity index is 2.78. The lowest BCUT2D eigenvalue weighted by atomic mass is 10.0. The van der Waals surface area contributed by atoms with E-state index in [4.69, 9.17) is 11.6 Å². The fourth-order valence-corrected chi connectivity index (χ4v) is 1.43. The second kappa shape index (κ2) is 5.13. The molecule has 0 amide bonds. The molecule has 14 heavy (non-hydrogen) atoms. The van der Waals surface area contributed by atoms with Gasteiger partial charge in [0, 0.05) is 10.6 Å². The molecular formula is C11H13ClO2. The lowest BCUT2D eigenvalue weighted by Crippen LogP contribution is -2.19. The smallest absolute Gasteiger partial charge is 0.191 e. The van der Waals surface area contributed by atoms with E-state index < -0.39 is 6.10 Å². The molecule has 0 spiro atoms. The molecule has 1 rings (SSSR count). The highest BCUT2D eigenvalue weighted by atomic mass is 35.5. The number of Topliss-reactive ketones (excluding diaryl/α,β-unsaturated/α-hetero) is 1. The molecule has 3 heteroatoms. The summed E-state index contributed by atoms with van der Waals surface area (Å²) in [5.74, 6) is -0.255. The number of carbonyl (C=O) groups is 1. The SMILES string of the molecule is CCC[C@@H](O)C(=O)c1cccc(Cl)c1. The van der Waals surface area contributed by atoms with Gasteiger partial charge in [-0.3, -0.25) is 4.79 Å². The summed E-state index contributed by atoms with van der Waals surface area (Å²) in [6, 6.07) is 6.63. The molecule has 1 N–H and O–H groups in total. The molecule has 2 nitrogen and oxygen atoms in total. The molecule has 0 aliphatic rings. The van der Waals surface area contributed by atoms with E-state index in [1.165, 1.54) is 0 Å². The van der Waals surface area contributed by atoms with Gasteiger partial charge in [-0.2, -0.15) is 0 Å². The molecular weight excluding hydrogens is 200 g/mol. The standard InChI is InChI=1S/C11H13ClO2/c1-2-4-10(13)11(14)8-5-3-6-9(12)7-8/h3,5-7,10,13H,2,4H2,1H3/t10-/m1/s1. The van der Waals surface area contributed by atoms with Gasteiger partial charge in [-0.1, -0.05) is 37.1 Å². The van der Waals surface area contributed by atoms with Crippen molar-refractivity contribution >= 4 is 17.4 Å². The van der Waals surface area contributed by atoms with Gasteiger partial charge in [0.2, 0.25) is 0 Å². The summed E-state index contributed by atoms with van der Waals surface area (Å²) in [7, 11) is 0. The van der Waals surface area contributed by atoms with Crippen LogP contribution in [0.2, 0.25) is 5.02 Å². The monoisotopic (exact) mass is 212 g/mol. The van der Waals surface area contributed by atoms with Crippen LogP contribution in [0.15, 0.2) is 24.3 Å². The molecule has 1 aromatic carbocycles. The molecule has 76 valence electrons. The molecule has 0 bridgehead atoms. The van der Waals surface area contributed by atoms with Gasteiger partial charge in [0.05, 0.1) is 0 Å². The number of hydrogen-bond acceptors (Lipinski definition) is 2. The van der Waals surface area contributed by atoms with Gasteiger partial charge in [-0.25, -0.2) is 0 Å². The van der Waals surface area contributed by atoms with Crippen molar-refractivity contribution in [1.29, 1.82) is 0 Å². The molecule has 0 radical (unpaired) electrons. The van der Waals surface area contributed by atoms with Crippen molar-refractivity contribution in [3.63, 3.8) is 0 Å². The lowest BCUT2D eigenvalue weighted by Gasteiger charge is -2.07. The Morgan fingerprint density at radius 3 is 2.86 bits per heavy atom. The van der Waals surface area contributed by atoms with Crippen LogP contribution in [0.5, 0.6) is 0 Å². The van der Waals surface area contributed by atoms with Crippen LogP contribution in [0.1, 0.15) is 30.1 Å². The van der Waals surface area contributed by atoms with E-state index in [0.29, 0.717) is 17.0 Å². The van der Waals surface area contributed by atoms with Gasteiger partial charge >= 0.3 is 0 Å². The molecule has 1 atom stereocenters. The zero-order chi connectivity index (χ0) is 10.6. The number of rotatable bonds is 4. The Morgan fingerprint density at radius 1 is 1.57 bits per heavy atom. The highest BCUT2D eigenvalue weighted by molar-refractivity contribution is 6.31. The molecule has 0 aromatic heterocycles. The summed E-state index contributed by atoms with van der Waals surface area (Å²) in [6.07, 6.45) is 0.372. The Labute approximate surface area is 88.5 Å². The minimum Gasteiger partial charge on any atom is -0.385 e. The third-order valence-electron chi connectivity index (χ3n) is 1.97. The lowest BCUT2D eigenvalue weighted by molar-refractivity contribution is 0.0729. The van der Waals surface area contributed by atoms with E-state index in [0.717, 1.165) is 6.42 Å². The molecule has 0 unspecified atom stereocenters. The minimum atomic E-state index is -0.904. The maximum atomic E-state index is 11.6. The fourth-order valence-electron chi connectivity index (χ4n) is 1.24. The molecule has 0 aliphatic carbocycles. The number of hydrogen-bond donors (Lipinski definition) is 1.